The number of aromatic nitrogens is 1. The van der Waals surface area contributed by atoms with Gasteiger partial charge in [-0.1, -0.05) is 53.7 Å². The van der Waals surface area contributed by atoms with Gasteiger partial charge in [0.25, 0.3) is 0 Å². The first kappa shape index (κ1) is 22.0. The van der Waals surface area contributed by atoms with Crippen LogP contribution in [0, 0.1) is 26.2 Å². The molecule has 0 bridgehead atoms. The molecule has 0 spiro atoms. The number of aryl methyl sites for hydroxylation is 2. The zero-order valence-corrected chi connectivity index (χ0v) is 18.7. The Morgan fingerprint density at radius 3 is 2.63 bits per heavy atom. The summed E-state index contributed by atoms with van der Waals surface area (Å²) in [6.07, 6.45) is 5.84. The van der Waals surface area contributed by atoms with Crippen molar-refractivity contribution in [3.05, 3.63) is 64.0 Å². The van der Waals surface area contributed by atoms with Crippen molar-refractivity contribution in [2.75, 3.05) is 5.75 Å². The summed E-state index contributed by atoms with van der Waals surface area (Å²) in [5.41, 5.74) is 3.94. The Morgan fingerprint density at radius 1 is 1.20 bits per heavy atom. The van der Waals surface area contributed by atoms with Crippen molar-refractivity contribution >= 4 is 37.3 Å². The number of hydrogen-bond donors (Lipinski definition) is 0. The lowest BCUT2D eigenvalue weighted by molar-refractivity contribution is -0.118. The van der Waals surface area contributed by atoms with Crippen molar-refractivity contribution in [3.63, 3.8) is 0 Å². The minimum Gasteiger partial charge on any atom is -0.305 e. The number of fused-ring (bicyclic) bond motifs is 1. The molecule has 3 aromatic rings. The van der Waals surface area contributed by atoms with Crippen LogP contribution in [0.1, 0.15) is 29.5 Å². The predicted molar refractivity (Wildman–Crippen MR) is 122 cm³/mol. The monoisotopic (exact) mass is 440 g/mol. The van der Waals surface area contributed by atoms with Crippen LogP contribution in [0.4, 0.5) is 0 Å². The van der Waals surface area contributed by atoms with Gasteiger partial charge in [-0.05, 0) is 43.0 Å². The maximum atomic E-state index is 12.4. The fourth-order valence-electron chi connectivity index (χ4n) is 3.35. The Labute approximate surface area is 181 Å². The van der Waals surface area contributed by atoms with Crippen LogP contribution in [-0.2, 0) is 26.9 Å². The molecule has 3 rings (SSSR count). The highest BCUT2D eigenvalue weighted by molar-refractivity contribution is 7.90. The molecule has 0 aliphatic heterocycles. The molecule has 30 heavy (non-hydrogen) atoms. The number of nitrogens with zero attached hydrogens (tertiary/aromatic N) is 2. The lowest BCUT2D eigenvalue weighted by Crippen LogP contribution is -2.17. The van der Waals surface area contributed by atoms with Crippen molar-refractivity contribution in [2.45, 2.75) is 39.0 Å². The molecule has 0 atom stereocenters. The van der Waals surface area contributed by atoms with Crippen LogP contribution in [-0.4, -0.2) is 24.6 Å². The van der Waals surface area contributed by atoms with E-state index in [1.165, 1.54) is 11.3 Å². The van der Waals surface area contributed by atoms with E-state index in [9.17, 15) is 13.2 Å². The minimum absolute atomic E-state index is 0.0176. The molecule has 1 amide bonds. The molecule has 5 nitrogen and oxygen atoms in total. The summed E-state index contributed by atoms with van der Waals surface area (Å²) in [5.74, 6) is 2.22. The van der Waals surface area contributed by atoms with E-state index < -0.39 is 9.84 Å². The standard InChI is InChI=1S/C23H24N2O3S2/c1-4-12-25-20-15-17(2)14-18(3)22(20)29-23(25)24-21(26)11-8-13-30(27,28)16-19-9-6-5-7-10-19/h1,5-7,9-10,14-15H,8,11-13,16H2,2-3H3. The third-order valence-corrected chi connectivity index (χ3v) is 7.57. The number of carbonyl (C=O) groups excluding carboxylic acids is 1. The van der Waals surface area contributed by atoms with Gasteiger partial charge >= 0.3 is 0 Å². The molecule has 0 aliphatic carbocycles. The fraction of sp³-hybridized carbons (Fsp3) is 0.304. The van der Waals surface area contributed by atoms with Gasteiger partial charge in [-0.3, -0.25) is 4.79 Å². The summed E-state index contributed by atoms with van der Waals surface area (Å²) in [6, 6.07) is 13.2. The Balaban J connectivity index is 1.73. The number of hydrogen-bond acceptors (Lipinski definition) is 4. The van der Waals surface area contributed by atoms with Crippen LogP contribution in [0.15, 0.2) is 47.5 Å². The normalized spacial score (nSPS) is 12.2. The second-order valence-electron chi connectivity index (χ2n) is 7.29. The van der Waals surface area contributed by atoms with E-state index in [4.69, 9.17) is 6.42 Å². The highest BCUT2D eigenvalue weighted by Crippen LogP contribution is 2.23. The van der Waals surface area contributed by atoms with Crippen molar-refractivity contribution < 1.29 is 13.2 Å². The molecule has 0 unspecified atom stereocenters. The highest BCUT2D eigenvalue weighted by Gasteiger charge is 2.14. The zero-order valence-electron chi connectivity index (χ0n) is 17.1. The zero-order chi connectivity index (χ0) is 21.7. The lowest BCUT2D eigenvalue weighted by Gasteiger charge is -2.04. The number of benzene rings is 2. The Kier molecular flexibility index (Phi) is 6.91. The number of carbonyl (C=O) groups is 1. The number of amides is 1. The average Bonchev–Trinajstić information content (AvgIpc) is 3.00. The van der Waals surface area contributed by atoms with Crippen molar-refractivity contribution in [1.29, 1.82) is 0 Å². The van der Waals surface area contributed by atoms with Crippen LogP contribution in [0.2, 0.25) is 0 Å². The topological polar surface area (TPSA) is 68.5 Å². The van der Waals surface area contributed by atoms with Gasteiger partial charge in [0, 0.05) is 6.42 Å². The van der Waals surface area contributed by atoms with Gasteiger partial charge in [-0.25, -0.2) is 8.42 Å². The van der Waals surface area contributed by atoms with E-state index >= 15 is 0 Å². The third-order valence-electron chi connectivity index (χ3n) is 4.66. The molecule has 2 aromatic carbocycles. The maximum absolute atomic E-state index is 12.4. The first-order chi connectivity index (χ1) is 14.3. The molecule has 0 radical (unpaired) electrons. The number of terminal acetylenes is 1. The van der Waals surface area contributed by atoms with Gasteiger partial charge in [0.2, 0.25) is 5.91 Å². The van der Waals surface area contributed by atoms with Crippen molar-refractivity contribution in [3.8, 4) is 12.3 Å². The lowest BCUT2D eigenvalue weighted by atomic mass is 10.1. The van der Waals surface area contributed by atoms with Gasteiger partial charge in [-0.15, -0.1) is 6.42 Å². The Bertz CT molecular complexity index is 1280. The van der Waals surface area contributed by atoms with E-state index in [1.54, 1.807) is 12.1 Å². The Hall–Kier alpha value is -2.69. The largest absolute Gasteiger partial charge is 0.305 e. The van der Waals surface area contributed by atoms with Crippen molar-refractivity contribution in [2.24, 2.45) is 4.99 Å². The molecule has 0 fully saturated rings. The summed E-state index contributed by atoms with van der Waals surface area (Å²) < 4.78 is 27.5. The van der Waals surface area contributed by atoms with E-state index in [1.807, 2.05) is 42.7 Å². The van der Waals surface area contributed by atoms with Gasteiger partial charge < -0.3 is 4.57 Å². The maximum Gasteiger partial charge on any atom is 0.248 e. The first-order valence-corrected chi connectivity index (χ1v) is 12.3. The number of sulfone groups is 1. The van der Waals surface area contributed by atoms with Crippen LogP contribution in [0.25, 0.3) is 10.2 Å². The fourth-order valence-corrected chi connectivity index (χ4v) is 5.87. The molecule has 1 heterocycles. The second kappa shape index (κ2) is 9.41. The van der Waals surface area contributed by atoms with Gasteiger partial charge in [0.05, 0.1) is 28.3 Å². The predicted octanol–water partition coefficient (Wildman–Crippen LogP) is 3.78. The van der Waals surface area contributed by atoms with Crippen LogP contribution in [0.5, 0.6) is 0 Å². The molecular formula is C23H24N2O3S2. The molecule has 1 aromatic heterocycles. The molecule has 156 valence electrons. The number of rotatable bonds is 7. The highest BCUT2D eigenvalue weighted by atomic mass is 32.2. The average molecular weight is 441 g/mol. The van der Waals surface area contributed by atoms with Crippen molar-refractivity contribution in [1.82, 2.24) is 4.57 Å². The summed E-state index contributed by atoms with van der Waals surface area (Å²) >= 11 is 1.43. The third kappa shape index (κ3) is 5.47. The molecule has 0 N–H and O–H groups in total. The summed E-state index contributed by atoms with van der Waals surface area (Å²) in [5, 5.41) is 0. The second-order valence-corrected chi connectivity index (χ2v) is 10.5. The first-order valence-electron chi connectivity index (χ1n) is 9.65. The SMILES string of the molecule is C#CCn1c(=NC(=O)CCCS(=O)(=O)Cc2ccccc2)sc2c(C)cc(C)cc21. The smallest absolute Gasteiger partial charge is 0.248 e. The summed E-state index contributed by atoms with van der Waals surface area (Å²) in [6.45, 7) is 4.36. The van der Waals surface area contributed by atoms with E-state index in [-0.39, 0.29) is 30.3 Å². The van der Waals surface area contributed by atoms with E-state index in [0.29, 0.717) is 11.3 Å². The van der Waals surface area contributed by atoms with Gasteiger partial charge in [0.15, 0.2) is 14.6 Å². The molecular weight excluding hydrogens is 416 g/mol. The van der Waals surface area contributed by atoms with E-state index in [0.717, 1.165) is 26.9 Å². The van der Waals surface area contributed by atoms with Crippen LogP contribution >= 0.6 is 11.3 Å². The molecule has 0 saturated carbocycles. The quantitative estimate of drug-likeness (QED) is 0.525. The van der Waals surface area contributed by atoms with Gasteiger partial charge in [0.1, 0.15) is 0 Å². The Morgan fingerprint density at radius 2 is 1.93 bits per heavy atom. The minimum atomic E-state index is -3.27. The molecule has 0 aliphatic rings. The summed E-state index contributed by atoms with van der Waals surface area (Å²) in [7, 11) is -3.27. The molecule has 0 saturated heterocycles. The van der Waals surface area contributed by atoms with Gasteiger partial charge in [-0.2, -0.15) is 4.99 Å². The van der Waals surface area contributed by atoms with Crippen LogP contribution < -0.4 is 4.80 Å². The number of thiazole rings is 1. The summed E-state index contributed by atoms with van der Waals surface area (Å²) in [4.78, 5) is 17.2. The molecule has 7 heteroatoms. The van der Waals surface area contributed by atoms with E-state index in [2.05, 4.69) is 17.0 Å². The van der Waals surface area contributed by atoms with Crippen LogP contribution in [0.3, 0.4) is 0 Å².